The molecule has 0 aliphatic rings. The fourth-order valence-corrected chi connectivity index (χ4v) is 3.66. The number of rotatable bonds is 5. The van der Waals surface area contributed by atoms with Gasteiger partial charge in [-0.2, -0.15) is 0 Å². The number of fused-ring (bicyclic) bond motifs is 1. The molecule has 0 fully saturated rings. The molecule has 4 nitrogen and oxygen atoms in total. The molecule has 4 aromatic rings. The zero-order chi connectivity index (χ0) is 22.1. The molecule has 0 aliphatic heterocycles. The number of benzene rings is 3. The Hall–Kier alpha value is -2.53. The van der Waals surface area contributed by atoms with Crippen LogP contribution in [-0.2, 0) is 0 Å². The fourth-order valence-electron chi connectivity index (χ4n) is 3.20. The molecule has 7 heteroatoms. The van der Waals surface area contributed by atoms with Crippen LogP contribution < -0.4 is 5.32 Å². The van der Waals surface area contributed by atoms with Crippen LogP contribution in [0.5, 0.6) is 0 Å². The summed E-state index contributed by atoms with van der Waals surface area (Å²) in [7, 11) is 0. The summed E-state index contributed by atoms with van der Waals surface area (Å²) in [5, 5.41) is 3.89. The molecule has 31 heavy (non-hydrogen) atoms. The lowest BCUT2D eigenvalue weighted by Crippen LogP contribution is -2.12. The number of carbonyl (C=O) groups excluding carboxylic acids is 1. The minimum atomic E-state index is -0.353. The van der Waals surface area contributed by atoms with E-state index in [1.165, 1.54) is 11.6 Å². The molecule has 4 rings (SSSR count). The van der Waals surface area contributed by atoms with Crippen molar-refractivity contribution in [1.82, 2.24) is 4.98 Å². The van der Waals surface area contributed by atoms with Gasteiger partial charge >= 0.3 is 0 Å². The van der Waals surface area contributed by atoms with Gasteiger partial charge in [0.05, 0.1) is 20.8 Å². The largest absolute Gasteiger partial charge is 0.436 e. The van der Waals surface area contributed by atoms with E-state index in [0.717, 1.165) is 11.9 Å². The number of halogens is 3. The predicted molar refractivity (Wildman–Crippen MR) is 128 cm³/mol. The maximum Gasteiger partial charge on any atom is 0.255 e. The first-order valence-corrected chi connectivity index (χ1v) is 11.0. The molecule has 1 atom stereocenters. The molecule has 0 radical (unpaired) electrons. The maximum atomic E-state index is 12.6. The summed E-state index contributed by atoms with van der Waals surface area (Å²) in [5.74, 6) is 0.551. The van der Waals surface area contributed by atoms with Crippen molar-refractivity contribution in [2.24, 2.45) is 0 Å². The van der Waals surface area contributed by atoms with Crippen LogP contribution >= 0.6 is 34.8 Å². The number of aromatic nitrogens is 1. The second kappa shape index (κ2) is 8.91. The second-order valence-electron chi connectivity index (χ2n) is 7.33. The summed E-state index contributed by atoms with van der Waals surface area (Å²) >= 11 is 18.3. The molecule has 0 bridgehead atoms. The molecule has 1 unspecified atom stereocenters. The van der Waals surface area contributed by atoms with Gasteiger partial charge in [-0.05, 0) is 66.4 Å². The number of nitrogens with one attached hydrogen (secondary N) is 1. The molecule has 1 N–H and O–H groups in total. The summed E-state index contributed by atoms with van der Waals surface area (Å²) in [6, 6.07) is 16.0. The Balaban J connectivity index is 1.64. The van der Waals surface area contributed by atoms with E-state index < -0.39 is 0 Å². The molecule has 158 valence electrons. The van der Waals surface area contributed by atoms with Gasteiger partial charge in [0.25, 0.3) is 5.91 Å². The van der Waals surface area contributed by atoms with Crippen LogP contribution in [0.2, 0.25) is 15.1 Å². The fraction of sp³-hybridized carbons (Fsp3) is 0.167. The number of hydrogen-bond donors (Lipinski definition) is 1. The molecule has 0 saturated heterocycles. The van der Waals surface area contributed by atoms with Crippen LogP contribution in [0.1, 0.15) is 42.1 Å². The highest BCUT2D eigenvalue weighted by molar-refractivity contribution is 6.42. The first-order valence-electron chi connectivity index (χ1n) is 9.82. The van der Waals surface area contributed by atoms with E-state index in [4.69, 9.17) is 39.2 Å². The van der Waals surface area contributed by atoms with E-state index in [0.29, 0.717) is 49.3 Å². The van der Waals surface area contributed by atoms with E-state index in [2.05, 4.69) is 36.3 Å². The van der Waals surface area contributed by atoms with Gasteiger partial charge in [-0.1, -0.05) is 54.7 Å². The third kappa shape index (κ3) is 4.57. The molecule has 1 aromatic heterocycles. The molecule has 0 spiro atoms. The van der Waals surface area contributed by atoms with Gasteiger partial charge in [-0.3, -0.25) is 4.79 Å². The summed E-state index contributed by atoms with van der Waals surface area (Å²) in [5.41, 5.74) is 4.24. The molecule has 0 saturated carbocycles. The summed E-state index contributed by atoms with van der Waals surface area (Å²) < 4.78 is 5.94. The van der Waals surface area contributed by atoms with Crippen LogP contribution in [0.3, 0.4) is 0 Å². The smallest absolute Gasteiger partial charge is 0.255 e. The first kappa shape index (κ1) is 21.7. The molecule has 3 aromatic carbocycles. The summed E-state index contributed by atoms with van der Waals surface area (Å²) in [4.78, 5) is 17.3. The Morgan fingerprint density at radius 3 is 2.52 bits per heavy atom. The van der Waals surface area contributed by atoms with Crippen molar-refractivity contribution in [2.45, 2.75) is 26.2 Å². The van der Waals surface area contributed by atoms with E-state index in [1.807, 2.05) is 6.07 Å². The van der Waals surface area contributed by atoms with Gasteiger partial charge in [0.2, 0.25) is 5.89 Å². The van der Waals surface area contributed by atoms with Crippen molar-refractivity contribution in [3.05, 3.63) is 80.8 Å². The van der Waals surface area contributed by atoms with Gasteiger partial charge in [0.15, 0.2) is 5.58 Å². The number of carbonyl (C=O) groups is 1. The number of hydrogen-bond acceptors (Lipinski definition) is 3. The van der Waals surface area contributed by atoms with E-state index in [9.17, 15) is 4.79 Å². The van der Waals surface area contributed by atoms with Crippen molar-refractivity contribution in [2.75, 3.05) is 5.32 Å². The minimum absolute atomic E-state index is 0.303. The van der Waals surface area contributed by atoms with E-state index in [1.54, 1.807) is 30.3 Å². The lowest BCUT2D eigenvalue weighted by atomic mass is 9.98. The first-order chi connectivity index (χ1) is 14.9. The SMILES string of the molecule is CCC(C)c1ccc2oc(-c3ccc(Cl)c(NC(=O)c4ccc(Cl)c(Cl)c4)c3)nc2c1. The van der Waals surface area contributed by atoms with Crippen molar-refractivity contribution < 1.29 is 9.21 Å². The standard InChI is InChI=1S/C24H19Cl3N2O2/c1-3-13(2)14-6-9-22-21(11-14)29-24(31-22)16-5-8-18(26)20(12-16)28-23(30)15-4-7-17(25)19(27)10-15/h4-13H,3H2,1-2H3,(H,28,30). The van der Waals surface area contributed by atoms with Gasteiger partial charge in [-0.25, -0.2) is 4.98 Å². The number of amides is 1. The normalized spacial score (nSPS) is 12.2. The van der Waals surface area contributed by atoms with Crippen molar-refractivity contribution in [3.63, 3.8) is 0 Å². The Morgan fingerprint density at radius 1 is 1.00 bits per heavy atom. The average Bonchev–Trinajstić information content (AvgIpc) is 3.19. The number of anilines is 1. The zero-order valence-corrected chi connectivity index (χ0v) is 19.1. The molecule has 1 amide bonds. The van der Waals surface area contributed by atoms with E-state index >= 15 is 0 Å². The topological polar surface area (TPSA) is 55.1 Å². The zero-order valence-electron chi connectivity index (χ0n) is 16.9. The van der Waals surface area contributed by atoms with Gasteiger partial charge in [0, 0.05) is 11.1 Å². The van der Waals surface area contributed by atoms with E-state index in [-0.39, 0.29) is 5.91 Å². The molecule has 1 heterocycles. The number of nitrogens with zero attached hydrogens (tertiary/aromatic N) is 1. The van der Waals surface area contributed by atoms with Gasteiger partial charge in [-0.15, -0.1) is 0 Å². The van der Waals surface area contributed by atoms with Gasteiger partial charge < -0.3 is 9.73 Å². The monoisotopic (exact) mass is 472 g/mol. The van der Waals surface area contributed by atoms with Crippen molar-refractivity contribution in [1.29, 1.82) is 0 Å². The average molecular weight is 474 g/mol. The van der Waals surface area contributed by atoms with Crippen LogP contribution in [0.15, 0.2) is 59.0 Å². The van der Waals surface area contributed by atoms with Crippen molar-refractivity contribution >= 4 is 57.5 Å². The third-order valence-corrected chi connectivity index (χ3v) is 6.30. The Labute approximate surface area is 195 Å². The lowest BCUT2D eigenvalue weighted by molar-refractivity contribution is 0.102. The molecular weight excluding hydrogens is 455 g/mol. The Morgan fingerprint density at radius 2 is 1.77 bits per heavy atom. The quantitative estimate of drug-likeness (QED) is 0.317. The minimum Gasteiger partial charge on any atom is -0.436 e. The Bertz CT molecular complexity index is 1280. The highest BCUT2D eigenvalue weighted by atomic mass is 35.5. The second-order valence-corrected chi connectivity index (χ2v) is 8.55. The van der Waals surface area contributed by atoms with Gasteiger partial charge in [0.1, 0.15) is 5.52 Å². The maximum absolute atomic E-state index is 12.6. The Kier molecular flexibility index (Phi) is 6.24. The summed E-state index contributed by atoms with van der Waals surface area (Å²) in [6.07, 6.45) is 1.05. The molecule has 0 aliphatic carbocycles. The van der Waals surface area contributed by atoms with Crippen LogP contribution in [0, 0.1) is 0 Å². The van der Waals surface area contributed by atoms with Crippen LogP contribution in [0.25, 0.3) is 22.6 Å². The molecular formula is C24H19Cl3N2O2. The van der Waals surface area contributed by atoms with Crippen molar-refractivity contribution in [3.8, 4) is 11.5 Å². The number of oxazole rings is 1. The highest BCUT2D eigenvalue weighted by Gasteiger charge is 2.15. The lowest BCUT2D eigenvalue weighted by Gasteiger charge is -2.09. The highest BCUT2D eigenvalue weighted by Crippen LogP contribution is 2.32. The summed E-state index contributed by atoms with van der Waals surface area (Å²) in [6.45, 7) is 4.34. The van der Waals surface area contributed by atoms with Crippen LogP contribution in [-0.4, -0.2) is 10.9 Å². The third-order valence-electron chi connectivity index (χ3n) is 5.24. The predicted octanol–water partition coefficient (Wildman–Crippen LogP) is 8.22. The van der Waals surface area contributed by atoms with Crippen LogP contribution in [0.4, 0.5) is 5.69 Å².